The van der Waals surface area contributed by atoms with Crippen LogP contribution in [0.25, 0.3) is 0 Å². The summed E-state index contributed by atoms with van der Waals surface area (Å²) in [4.78, 5) is 0. The maximum atomic E-state index is 13.4. The molecule has 2 N–H and O–H groups in total. The lowest BCUT2D eigenvalue weighted by atomic mass is 9.79. The van der Waals surface area contributed by atoms with E-state index in [4.69, 9.17) is 0 Å². The second kappa shape index (κ2) is 8.81. The van der Waals surface area contributed by atoms with E-state index in [0.717, 1.165) is 37.7 Å². The lowest BCUT2D eigenvalue weighted by molar-refractivity contribution is 0.219. The van der Waals surface area contributed by atoms with Crippen molar-refractivity contribution in [2.24, 2.45) is 5.92 Å². The quantitative estimate of drug-likeness (QED) is 0.708. The molecule has 26 heavy (non-hydrogen) atoms. The average molecular weight is 385 g/mol. The van der Waals surface area contributed by atoms with Crippen molar-refractivity contribution in [1.29, 1.82) is 0 Å². The molecule has 2 rings (SSSR count). The molecule has 1 aliphatic rings. The minimum Gasteiger partial charge on any atom is -0.305 e. The SMILES string of the molecule is CCS(=O)(=O)N[C@H]1CC[C@H](CC(C)(C)N[C@H](C)c2cccc(F)c2)CC1. The van der Waals surface area contributed by atoms with Crippen molar-refractivity contribution in [2.45, 2.75) is 77.4 Å². The van der Waals surface area contributed by atoms with Gasteiger partial charge in [0.1, 0.15) is 5.82 Å². The minimum absolute atomic E-state index is 0.0633. The molecule has 1 fully saturated rings. The maximum absolute atomic E-state index is 13.4. The molecule has 148 valence electrons. The van der Waals surface area contributed by atoms with Crippen LogP contribution in [0.5, 0.6) is 0 Å². The summed E-state index contributed by atoms with van der Waals surface area (Å²) in [5.74, 6) is 0.517. The number of halogens is 1. The lowest BCUT2D eigenvalue weighted by Gasteiger charge is -2.37. The van der Waals surface area contributed by atoms with Gasteiger partial charge < -0.3 is 5.32 Å². The Kier molecular flexibility index (Phi) is 7.22. The van der Waals surface area contributed by atoms with Crippen molar-refractivity contribution < 1.29 is 12.8 Å². The average Bonchev–Trinajstić information content (AvgIpc) is 2.56. The number of sulfonamides is 1. The molecular formula is C20H33FN2O2S. The Bertz CT molecular complexity index is 683. The number of nitrogens with one attached hydrogen (secondary N) is 2. The Hall–Kier alpha value is -0.980. The first-order chi connectivity index (χ1) is 12.1. The molecule has 6 heteroatoms. The topological polar surface area (TPSA) is 58.2 Å². The highest BCUT2D eigenvalue weighted by molar-refractivity contribution is 7.89. The zero-order chi connectivity index (χ0) is 19.4. The molecule has 1 aliphatic carbocycles. The van der Waals surface area contributed by atoms with Gasteiger partial charge in [-0.1, -0.05) is 12.1 Å². The molecule has 0 radical (unpaired) electrons. The summed E-state index contributed by atoms with van der Waals surface area (Å²) in [5.41, 5.74) is 0.891. The molecule has 0 aliphatic heterocycles. The van der Waals surface area contributed by atoms with Crippen LogP contribution in [-0.2, 0) is 10.0 Å². The molecule has 0 bridgehead atoms. The number of rotatable bonds is 8. The van der Waals surface area contributed by atoms with Gasteiger partial charge in [-0.25, -0.2) is 17.5 Å². The van der Waals surface area contributed by atoms with Gasteiger partial charge in [0.15, 0.2) is 0 Å². The Morgan fingerprint density at radius 2 is 1.88 bits per heavy atom. The summed E-state index contributed by atoms with van der Waals surface area (Å²) in [6.45, 7) is 8.11. The van der Waals surface area contributed by atoms with Gasteiger partial charge in [-0.15, -0.1) is 0 Å². The van der Waals surface area contributed by atoms with E-state index in [1.807, 2.05) is 6.07 Å². The fraction of sp³-hybridized carbons (Fsp3) is 0.700. The van der Waals surface area contributed by atoms with E-state index in [0.29, 0.717) is 5.92 Å². The highest BCUT2D eigenvalue weighted by Crippen LogP contribution is 2.32. The van der Waals surface area contributed by atoms with Gasteiger partial charge in [0.05, 0.1) is 5.75 Å². The first-order valence-corrected chi connectivity index (χ1v) is 11.3. The van der Waals surface area contributed by atoms with Gasteiger partial charge in [-0.3, -0.25) is 0 Å². The van der Waals surface area contributed by atoms with Crippen LogP contribution >= 0.6 is 0 Å². The third-order valence-electron chi connectivity index (χ3n) is 5.33. The molecule has 1 saturated carbocycles. The summed E-state index contributed by atoms with van der Waals surface area (Å²) in [7, 11) is -3.11. The smallest absolute Gasteiger partial charge is 0.211 e. The second-order valence-electron chi connectivity index (χ2n) is 8.25. The van der Waals surface area contributed by atoms with Gasteiger partial charge in [0.25, 0.3) is 0 Å². The molecule has 1 aromatic rings. The van der Waals surface area contributed by atoms with E-state index >= 15 is 0 Å². The van der Waals surface area contributed by atoms with Gasteiger partial charge in [-0.05, 0) is 83.4 Å². The normalized spacial score (nSPS) is 23.0. The van der Waals surface area contributed by atoms with Crippen LogP contribution < -0.4 is 10.0 Å². The molecule has 0 unspecified atom stereocenters. The Morgan fingerprint density at radius 1 is 1.23 bits per heavy atom. The summed E-state index contributed by atoms with van der Waals surface area (Å²) in [5, 5.41) is 3.63. The zero-order valence-corrected chi connectivity index (χ0v) is 17.2. The summed E-state index contributed by atoms with van der Waals surface area (Å²) >= 11 is 0. The van der Waals surface area contributed by atoms with E-state index in [1.165, 1.54) is 6.07 Å². The van der Waals surface area contributed by atoms with Crippen molar-refractivity contribution in [3.63, 3.8) is 0 Å². The predicted octanol–water partition coefficient (Wildman–Crippen LogP) is 4.14. The van der Waals surface area contributed by atoms with E-state index < -0.39 is 10.0 Å². The fourth-order valence-corrected chi connectivity index (χ4v) is 4.96. The summed E-state index contributed by atoms with van der Waals surface area (Å²) in [6, 6.07) is 6.90. The van der Waals surface area contributed by atoms with Crippen LogP contribution in [0, 0.1) is 11.7 Å². The first kappa shape index (κ1) is 21.3. The number of hydrogen-bond donors (Lipinski definition) is 2. The Labute approximate surface area is 158 Å². The molecule has 1 atom stereocenters. The molecule has 0 saturated heterocycles. The Balaban J connectivity index is 1.84. The molecule has 0 amide bonds. The highest BCUT2D eigenvalue weighted by Gasteiger charge is 2.29. The Morgan fingerprint density at radius 3 is 2.46 bits per heavy atom. The standard InChI is InChI=1S/C20H33FN2O2S/c1-5-26(24,25)23-19-11-9-16(10-12-19)14-20(3,4)22-15(2)17-7-6-8-18(21)13-17/h6-8,13,15-16,19,22-23H,5,9-12,14H2,1-4H3/t15-,16-,19-/m1/s1. The second-order valence-corrected chi connectivity index (χ2v) is 10.3. The van der Waals surface area contributed by atoms with E-state index in [1.54, 1.807) is 19.1 Å². The highest BCUT2D eigenvalue weighted by atomic mass is 32.2. The monoisotopic (exact) mass is 384 g/mol. The van der Waals surface area contributed by atoms with Gasteiger partial charge >= 0.3 is 0 Å². The zero-order valence-electron chi connectivity index (χ0n) is 16.4. The summed E-state index contributed by atoms with van der Waals surface area (Å²) < 4.78 is 39.7. The number of hydrogen-bond acceptors (Lipinski definition) is 3. The minimum atomic E-state index is -3.11. The van der Waals surface area contributed by atoms with Crippen LogP contribution in [-0.4, -0.2) is 25.8 Å². The third-order valence-corrected chi connectivity index (χ3v) is 6.78. The maximum Gasteiger partial charge on any atom is 0.211 e. The van der Waals surface area contributed by atoms with E-state index in [-0.39, 0.29) is 29.2 Å². The summed E-state index contributed by atoms with van der Waals surface area (Å²) in [6.07, 6.45) is 4.91. The van der Waals surface area contributed by atoms with Crippen molar-refractivity contribution in [3.8, 4) is 0 Å². The van der Waals surface area contributed by atoms with E-state index in [2.05, 4.69) is 30.8 Å². The molecule has 0 aromatic heterocycles. The molecule has 4 nitrogen and oxygen atoms in total. The lowest BCUT2D eigenvalue weighted by Crippen LogP contribution is -2.44. The predicted molar refractivity (Wildman–Crippen MR) is 105 cm³/mol. The largest absolute Gasteiger partial charge is 0.305 e. The van der Waals surface area contributed by atoms with Crippen LogP contribution in [0.3, 0.4) is 0 Å². The van der Waals surface area contributed by atoms with E-state index in [9.17, 15) is 12.8 Å². The molecular weight excluding hydrogens is 351 g/mol. The van der Waals surface area contributed by atoms with Crippen LogP contribution in [0.1, 0.15) is 71.4 Å². The van der Waals surface area contributed by atoms with Crippen molar-refractivity contribution in [2.75, 3.05) is 5.75 Å². The molecule has 1 aromatic carbocycles. The van der Waals surface area contributed by atoms with Crippen LogP contribution in [0.2, 0.25) is 0 Å². The molecule has 0 heterocycles. The van der Waals surface area contributed by atoms with Crippen LogP contribution in [0.4, 0.5) is 4.39 Å². The molecule has 0 spiro atoms. The van der Waals surface area contributed by atoms with Gasteiger partial charge in [0.2, 0.25) is 10.0 Å². The van der Waals surface area contributed by atoms with Crippen molar-refractivity contribution in [1.82, 2.24) is 10.0 Å². The van der Waals surface area contributed by atoms with Crippen molar-refractivity contribution in [3.05, 3.63) is 35.6 Å². The van der Waals surface area contributed by atoms with Gasteiger partial charge in [0, 0.05) is 17.6 Å². The fourth-order valence-electron chi connectivity index (χ4n) is 4.05. The van der Waals surface area contributed by atoms with Crippen molar-refractivity contribution >= 4 is 10.0 Å². The van der Waals surface area contributed by atoms with Crippen LogP contribution in [0.15, 0.2) is 24.3 Å². The number of benzene rings is 1. The third kappa shape index (κ3) is 6.63. The first-order valence-electron chi connectivity index (χ1n) is 9.63. The van der Waals surface area contributed by atoms with Gasteiger partial charge in [-0.2, -0.15) is 0 Å².